The second-order valence-corrected chi connectivity index (χ2v) is 5.96. The van der Waals surface area contributed by atoms with Gasteiger partial charge in [-0.1, -0.05) is 0 Å². The van der Waals surface area contributed by atoms with Crippen LogP contribution in [0.5, 0.6) is 0 Å². The second kappa shape index (κ2) is 8.77. The molecule has 0 saturated heterocycles. The fourth-order valence-corrected chi connectivity index (χ4v) is 2.42. The van der Waals surface area contributed by atoms with Gasteiger partial charge >= 0.3 is 0 Å². The Kier molecular flexibility index (Phi) is 7.37. The summed E-state index contributed by atoms with van der Waals surface area (Å²) in [6, 6.07) is 7.69. The van der Waals surface area contributed by atoms with Crippen molar-refractivity contribution in [3.8, 4) is 0 Å². The minimum absolute atomic E-state index is 0. The van der Waals surface area contributed by atoms with E-state index in [0.29, 0.717) is 12.8 Å². The number of carbonyl (C=O) groups excluding carboxylic acids is 1. The predicted molar refractivity (Wildman–Crippen MR) is 90.3 cm³/mol. The van der Waals surface area contributed by atoms with Gasteiger partial charge in [0.2, 0.25) is 5.91 Å². The zero-order chi connectivity index (χ0) is 15.2. The van der Waals surface area contributed by atoms with Gasteiger partial charge in [0.15, 0.2) is 5.16 Å². The molecule has 0 aliphatic heterocycles. The maximum Gasteiger partial charge on any atom is 0.224 e. The molecule has 8 heteroatoms. The van der Waals surface area contributed by atoms with Gasteiger partial charge in [-0.05, 0) is 49.4 Å². The van der Waals surface area contributed by atoms with Crippen LogP contribution < -0.4 is 11.1 Å². The number of hydrogen-bond donors (Lipinski definition) is 2. The zero-order valence-corrected chi connectivity index (χ0v) is 14.2. The third kappa shape index (κ3) is 5.67. The van der Waals surface area contributed by atoms with Gasteiger partial charge in [-0.25, -0.2) is 0 Å². The van der Waals surface area contributed by atoms with E-state index in [4.69, 9.17) is 5.73 Å². The molecule has 1 amide bonds. The molecule has 0 radical (unpaired) electrons. The quantitative estimate of drug-likeness (QED) is 0.842. The van der Waals surface area contributed by atoms with Gasteiger partial charge in [0.1, 0.15) is 6.33 Å². The molecule has 0 aliphatic carbocycles. The third-order valence-corrected chi connectivity index (χ3v) is 3.90. The molecule has 1 aromatic heterocycles. The highest BCUT2D eigenvalue weighted by Crippen LogP contribution is 2.26. The molecule has 0 bridgehead atoms. The van der Waals surface area contributed by atoms with Crippen LogP contribution in [0.2, 0.25) is 0 Å². The molecule has 1 unspecified atom stereocenters. The second-order valence-electron chi connectivity index (χ2n) is 4.91. The van der Waals surface area contributed by atoms with Crippen LogP contribution in [-0.4, -0.2) is 26.7 Å². The lowest BCUT2D eigenvalue weighted by Gasteiger charge is -2.07. The van der Waals surface area contributed by atoms with Crippen LogP contribution in [0.1, 0.15) is 19.8 Å². The number of benzene rings is 1. The van der Waals surface area contributed by atoms with Crippen molar-refractivity contribution < 1.29 is 4.79 Å². The van der Waals surface area contributed by atoms with Crippen LogP contribution in [0.25, 0.3) is 0 Å². The van der Waals surface area contributed by atoms with Crippen molar-refractivity contribution in [2.45, 2.75) is 35.9 Å². The van der Waals surface area contributed by atoms with Crippen LogP contribution >= 0.6 is 24.2 Å². The molecule has 2 aromatic rings. The minimum Gasteiger partial charge on any atom is -0.328 e. The first kappa shape index (κ1) is 18.5. The Bertz CT molecular complexity index is 600. The highest BCUT2D eigenvalue weighted by atomic mass is 35.5. The van der Waals surface area contributed by atoms with Crippen molar-refractivity contribution in [1.29, 1.82) is 0 Å². The number of rotatable bonds is 6. The summed E-state index contributed by atoms with van der Waals surface area (Å²) in [5.74, 6) is -0.0130. The lowest BCUT2D eigenvalue weighted by Crippen LogP contribution is -2.19. The summed E-state index contributed by atoms with van der Waals surface area (Å²) in [5.41, 5.74) is 6.42. The van der Waals surface area contributed by atoms with E-state index in [9.17, 15) is 4.79 Å². The summed E-state index contributed by atoms with van der Waals surface area (Å²) in [7, 11) is 1.90. The van der Waals surface area contributed by atoms with Gasteiger partial charge in [0.05, 0.1) is 0 Å². The van der Waals surface area contributed by atoms with Gasteiger partial charge < -0.3 is 15.6 Å². The largest absolute Gasteiger partial charge is 0.328 e. The van der Waals surface area contributed by atoms with Crippen LogP contribution in [0.3, 0.4) is 0 Å². The number of nitrogens with two attached hydrogens (primary N) is 1. The maximum atomic E-state index is 11.7. The van der Waals surface area contributed by atoms with E-state index in [2.05, 4.69) is 15.5 Å². The third-order valence-electron chi connectivity index (χ3n) is 2.84. The van der Waals surface area contributed by atoms with E-state index < -0.39 is 0 Å². The summed E-state index contributed by atoms with van der Waals surface area (Å²) in [6.45, 7) is 1.89. The van der Waals surface area contributed by atoms with Gasteiger partial charge in [-0.3, -0.25) is 4.79 Å². The van der Waals surface area contributed by atoms with Crippen molar-refractivity contribution in [1.82, 2.24) is 14.8 Å². The molecule has 3 N–H and O–H groups in total. The lowest BCUT2D eigenvalue weighted by molar-refractivity contribution is -0.116. The number of amides is 1. The van der Waals surface area contributed by atoms with E-state index in [1.54, 1.807) is 6.33 Å². The van der Waals surface area contributed by atoms with Gasteiger partial charge in [-0.15, -0.1) is 22.6 Å². The molecule has 1 atom stereocenters. The monoisotopic (exact) mass is 341 g/mol. The van der Waals surface area contributed by atoms with E-state index in [1.165, 1.54) is 11.8 Å². The molecule has 2 rings (SSSR count). The number of halogens is 1. The Hall–Kier alpha value is -1.57. The first-order valence-electron chi connectivity index (χ1n) is 6.72. The minimum atomic E-state index is -0.0130. The topological polar surface area (TPSA) is 85.8 Å². The van der Waals surface area contributed by atoms with Gasteiger partial charge in [-0.2, -0.15) is 0 Å². The SMILES string of the molecule is CC(N)CCC(=O)Nc1ccc(Sc2nncn2C)cc1.Cl. The number of anilines is 1. The van der Waals surface area contributed by atoms with Crippen molar-refractivity contribution >= 4 is 35.8 Å². The average Bonchev–Trinajstić information content (AvgIpc) is 2.84. The summed E-state index contributed by atoms with van der Waals surface area (Å²) in [4.78, 5) is 12.8. The highest BCUT2D eigenvalue weighted by Gasteiger charge is 2.06. The van der Waals surface area contributed by atoms with Crippen molar-refractivity contribution in [2.75, 3.05) is 5.32 Å². The first-order chi connectivity index (χ1) is 10.0. The number of nitrogens with one attached hydrogen (secondary N) is 1. The molecule has 120 valence electrons. The van der Waals surface area contributed by atoms with E-state index >= 15 is 0 Å². The van der Waals surface area contributed by atoms with Gasteiger partial charge in [0.25, 0.3) is 0 Å². The first-order valence-corrected chi connectivity index (χ1v) is 7.53. The van der Waals surface area contributed by atoms with E-state index in [0.717, 1.165) is 15.7 Å². The lowest BCUT2D eigenvalue weighted by atomic mass is 10.2. The standard InChI is InChI=1S/C14H19N5OS.ClH/c1-10(15)3-8-13(20)17-11-4-6-12(7-5-11)21-14-18-16-9-19(14)2;/h4-7,9-10H,3,8,15H2,1-2H3,(H,17,20);1H. The van der Waals surface area contributed by atoms with Crippen LogP contribution in [-0.2, 0) is 11.8 Å². The number of aryl methyl sites for hydroxylation is 1. The Balaban J connectivity index is 0.00000242. The summed E-state index contributed by atoms with van der Waals surface area (Å²) >= 11 is 1.52. The van der Waals surface area contributed by atoms with Crippen LogP contribution in [0.15, 0.2) is 40.6 Å². The van der Waals surface area contributed by atoms with E-state index in [-0.39, 0.29) is 24.4 Å². The molecule has 6 nitrogen and oxygen atoms in total. The maximum absolute atomic E-state index is 11.7. The summed E-state index contributed by atoms with van der Waals surface area (Å²) < 4.78 is 1.86. The molecule has 0 aliphatic rings. The summed E-state index contributed by atoms with van der Waals surface area (Å²) in [6.07, 6.45) is 2.79. The average molecular weight is 342 g/mol. The number of hydrogen-bond acceptors (Lipinski definition) is 5. The smallest absolute Gasteiger partial charge is 0.224 e. The highest BCUT2D eigenvalue weighted by molar-refractivity contribution is 7.99. The normalized spacial score (nSPS) is 11.6. The molecule has 1 heterocycles. The number of carbonyl (C=O) groups is 1. The Labute approximate surface area is 140 Å². The van der Waals surface area contributed by atoms with Gasteiger partial charge in [0, 0.05) is 30.1 Å². The molecule has 1 aromatic carbocycles. The number of aromatic nitrogens is 3. The van der Waals surface area contributed by atoms with Crippen molar-refractivity contribution in [3.05, 3.63) is 30.6 Å². The number of nitrogens with zero attached hydrogens (tertiary/aromatic N) is 3. The van der Waals surface area contributed by atoms with Crippen LogP contribution in [0.4, 0.5) is 5.69 Å². The van der Waals surface area contributed by atoms with Crippen LogP contribution in [0, 0.1) is 0 Å². The predicted octanol–water partition coefficient (Wildman–Crippen LogP) is 2.45. The zero-order valence-electron chi connectivity index (χ0n) is 12.5. The molecule has 0 saturated carbocycles. The Morgan fingerprint density at radius 1 is 1.41 bits per heavy atom. The molecule has 22 heavy (non-hydrogen) atoms. The van der Waals surface area contributed by atoms with Crippen molar-refractivity contribution in [3.63, 3.8) is 0 Å². The Morgan fingerprint density at radius 3 is 2.64 bits per heavy atom. The fourth-order valence-electron chi connectivity index (χ4n) is 1.66. The van der Waals surface area contributed by atoms with E-state index in [1.807, 2.05) is 42.8 Å². The molecular formula is C14H20ClN5OS. The molecular weight excluding hydrogens is 322 g/mol. The Morgan fingerprint density at radius 2 is 2.09 bits per heavy atom. The molecule has 0 spiro atoms. The van der Waals surface area contributed by atoms with Crippen molar-refractivity contribution in [2.24, 2.45) is 12.8 Å². The fraction of sp³-hybridized carbons (Fsp3) is 0.357. The molecule has 0 fully saturated rings. The summed E-state index contributed by atoms with van der Waals surface area (Å²) in [5, 5.41) is 11.5.